The second-order valence-corrected chi connectivity index (χ2v) is 4.98. The highest BCUT2D eigenvalue weighted by atomic mass is 35.5. The predicted octanol–water partition coefficient (Wildman–Crippen LogP) is 2.41. The summed E-state index contributed by atoms with van der Waals surface area (Å²) in [7, 11) is 2.01. The molecule has 0 bridgehead atoms. The maximum Gasteiger partial charge on any atom is 0.0862 e. The molecule has 0 aromatic rings. The first kappa shape index (κ1) is 10.3. The lowest BCUT2D eigenvalue weighted by Crippen LogP contribution is -2.01. The Morgan fingerprint density at radius 2 is 2.50 bits per heavy atom. The van der Waals surface area contributed by atoms with Gasteiger partial charge >= 0.3 is 0 Å². The molecule has 0 unspecified atom stereocenters. The Morgan fingerprint density at radius 1 is 1.67 bits per heavy atom. The minimum Gasteiger partial charge on any atom is -0.337 e. The molecule has 0 atom stereocenters. The van der Waals surface area contributed by atoms with Gasteiger partial charge in [0.15, 0.2) is 0 Å². The lowest BCUT2D eigenvalue weighted by molar-refractivity contribution is 0.650. The van der Waals surface area contributed by atoms with Gasteiger partial charge in [-0.1, -0.05) is 17.7 Å². The van der Waals surface area contributed by atoms with Crippen LogP contribution in [-0.2, 0) is 0 Å². The molecule has 0 saturated heterocycles. The Kier molecular flexibility index (Phi) is 4.99. The first-order valence-corrected chi connectivity index (χ1v) is 5.70. The third kappa shape index (κ3) is 4.30. The number of likely N-dealkylation sites (N-methyl/N-ethyl adjacent to an activating group) is 1. The van der Waals surface area contributed by atoms with Gasteiger partial charge in [0, 0.05) is 18.5 Å². The fourth-order valence-corrected chi connectivity index (χ4v) is 2.16. The van der Waals surface area contributed by atoms with Gasteiger partial charge < -0.3 is 4.72 Å². The summed E-state index contributed by atoms with van der Waals surface area (Å²) >= 11 is 8.88. The largest absolute Gasteiger partial charge is 0.337 e. The van der Waals surface area contributed by atoms with Crippen LogP contribution in [0.15, 0.2) is 22.7 Å². The van der Waals surface area contributed by atoms with Crippen LogP contribution in [0.4, 0.5) is 0 Å². The maximum atomic E-state index is 5.59. The van der Waals surface area contributed by atoms with Crippen molar-refractivity contribution in [1.82, 2.24) is 9.03 Å². The average Bonchev–Trinajstić information content (AvgIpc) is 2.63. The summed E-state index contributed by atoms with van der Waals surface area (Å²) in [5.41, 5.74) is 0. The van der Waals surface area contributed by atoms with E-state index in [2.05, 4.69) is 15.1 Å². The smallest absolute Gasteiger partial charge is 0.0862 e. The minimum atomic E-state index is 0.891. The summed E-state index contributed by atoms with van der Waals surface area (Å²) in [6.45, 7) is 0.976. The average molecular weight is 223 g/mol. The van der Waals surface area contributed by atoms with E-state index in [1.54, 1.807) is 23.9 Å². The summed E-state index contributed by atoms with van der Waals surface area (Å²) in [5.74, 6) is 1.12. The van der Waals surface area contributed by atoms with E-state index in [-0.39, 0.29) is 0 Å². The van der Waals surface area contributed by atoms with Crippen LogP contribution < -0.4 is 4.72 Å². The highest BCUT2D eigenvalue weighted by Crippen LogP contribution is 2.27. The summed E-state index contributed by atoms with van der Waals surface area (Å²) < 4.78 is 5.92. The minimum absolute atomic E-state index is 0.891. The molecule has 0 fully saturated rings. The summed E-state index contributed by atoms with van der Waals surface area (Å²) in [6, 6.07) is 0. The quantitative estimate of drug-likeness (QED) is 0.633. The highest BCUT2D eigenvalue weighted by molar-refractivity contribution is 8.02. The number of hydrogen-bond acceptors (Lipinski definition) is 4. The van der Waals surface area contributed by atoms with Crippen LogP contribution >= 0.6 is 35.5 Å². The normalized spacial score (nSPS) is 21.3. The molecule has 0 radical (unpaired) electrons. The Bertz CT molecular complexity index is 188. The molecule has 5 heteroatoms. The Balaban J connectivity index is 0.000000127. The molecule has 0 saturated carbocycles. The molecule has 12 heavy (non-hydrogen) atoms. The van der Waals surface area contributed by atoms with Gasteiger partial charge in [-0.2, -0.15) is 0 Å². The Morgan fingerprint density at radius 3 is 2.67 bits per heavy atom. The molecule has 0 spiro atoms. The van der Waals surface area contributed by atoms with Crippen molar-refractivity contribution in [2.75, 3.05) is 19.3 Å². The lowest BCUT2D eigenvalue weighted by atomic mass is 10.6. The standard InChI is InChI=1S/C4H6ClNS.C3H5NS/c1-6-3-2-4(5)7-6;1-2-4-5-3-1/h2H,3H2,1H3;1-2,4H,3H2. The van der Waals surface area contributed by atoms with Crippen molar-refractivity contribution in [2.24, 2.45) is 0 Å². The van der Waals surface area contributed by atoms with E-state index in [0.29, 0.717) is 0 Å². The Hall–Kier alpha value is 0.230. The van der Waals surface area contributed by atoms with E-state index in [0.717, 1.165) is 16.7 Å². The number of hydrogen-bond donors (Lipinski definition) is 1. The van der Waals surface area contributed by atoms with Gasteiger partial charge in [0.05, 0.1) is 4.36 Å². The first-order valence-electron chi connectivity index (χ1n) is 3.56. The molecule has 0 aromatic carbocycles. The second kappa shape index (κ2) is 5.80. The number of nitrogens with zero attached hydrogens (tertiary/aromatic N) is 1. The molecular formula is C7H11ClN2S2. The monoisotopic (exact) mass is 222 g/mol. The van der Waals surface area contributed by atoms with Crippen molar-refractivity contribution < 1.29 is 0 Å². The van der Waals surface area contributed by atoms with Crippen LogP contribution in [0.3, 0.4) is 0 Å². The Labute approximate surface area is 86.7 Å². The second-order valence-electron chi connectivity index (χ2n) is 2.24. The van der Waals surface area contributed by atoms with E-state index in [1.165, 1.54) is 0 Å². The molecule has 2 heterocycles. The maximum absolute atomic E-state index is 5.59. The first-order chi connectivity index (χ1) is 5.79. The topological polar surface area (TPSA) is 15.3 Å². The zero-order chi connectivity index (χ0) is 8.81. The third-order valence-electron chi connectivity index (χ3n) is 1.20. The van der Waals surface area contributed by atoms with Gasteiger partial charge in [-0.05, 0) is 37.0 Å². The fraction of sp³-hybridized carbons (Fsp3) is 0.429. The number of halogens is 1. The summed E-state index contributed by atoms with van der Waals surface area (Å²) in [4.78, 5) is 0. The van der Waals surface area contributed by atoms with Crippen molar-refractivity contribution in [1.29, 1.82) is 0 Å². The van der Waals surface area contributed by atoms with Crippen LogP contribution in [0.25, 0.3) is 0 Å². The molecule has 2 nitrogen and oxygen atoms in total. The van der Waals surface area contributed by atoms with E-state index >= 15 is 0 Å². The van der Waals surface area contributed by atoms with Gasteiger partial charge in [0.1, 0.15) is 0 Å². The lowest BCUT2D eigenvalue weighted by Gasteiger charge is -2.00. The highest BCUT2D eigenvalue weighted by Gasteiger charge is 2.06. The molecule has 68 valence electrons. The zero-order valence-corrected chi connectivity index (χ0v) is 9.18. The van der Waals surface area contributed by atoms with Crippen molar-refractivity contribution >= 4 is 35.5 Å². The molecule has 0 aromatic heterocycles. The van der Waals surface area contributed by atoms with Crippen molar-refractivity contribution in [3.8, 4) is 0 Å². The third-order valence-corrected chi connectivity index (χ3v) is 3.03. The van der Waals surface area contributed by atoms with Crippen molar-refractivity contribution in [3.63, 3.8) is 0 Å². The SMILES string of the molecule is C1=CNSC1.CN1CC=C(Cl)S1. The predicted molar refractivity (Wildman–Crippen MR) is 58.9 cm³/mol. The van der Waals surface area contributed by atoms with Crippen LogP contribution in [0.5, 0.6) is 0 Å². The number of rotatable bonds is 0. The van der Waals surface area contributed by atoms with Gasteiger partial charge in [0.25, 0.3) is 0 Å². The molecular weight excluding hydrogens is 212 g/mol. The van der Waals surface area contributed by atoms with Crippen LogP contribution in [0, 0.1) is 0 Å². The molecule has 0 amide bonds. The molecule has 2 rings (SSSR count). The fourth-order valence-electron chi connectivity index (χ4n) is 0.664. The van der Waals surface area contributed by atoms with Crippen molar-refractivity contribution in [2.45, 2.75) is 0 Å². The van der Waals surface area contributed by atoms with E-state index in [1.807, 2.05) is 19.3 Å². The molecule has 2 aliphatic rings. The van der Waals surface area contributed by atoms with E-state index < -0.39 is 0 Å². The van der Waals surface area contributed by atoms with Crippen LogP contribution in [0.1, 0.15) is 0 Å². The number of nitrogens with one attached hydrogen (secondary N) is 1. The van der Waals surface area contributed by atoms with Crippen LogP contribution in [0.2, 0.25) is 0 Å². The van der Waals surface area contributed by atoms with Gasteiger partial charge in [-0.25, -0.2) is 4.31 Å². The summed E-state index contributed by atoms with van der Waals surface area (Å²) in [6.07, 6.45) is 6.03. The van der Waals surface area contributed by atoms with Gasteiger partial charge in [-0.15, -0.1) is 0 Å². The molecule has 1 N–H and O–H groups in total. The van der Waals surface area contributed by atoms with Gasteiger partial charge in [0.2, 0.25) is 0 Å². The molecule has 0 aliphatic carbocycles. The van der Waals surface area contributed by atoms with Gasteiger partial charge in [-0.3, -0.25) is 0 Å². The van der Waals surface area contributed by atoms with E-state index in [4.69, 9.17) is 11.6 Å². The summed E-state index contributed by atoms with van der Waals surface area (Å²) in [5, 5.41) is 0. The molecule has 2 aliphatic heterocycles. The van der Waals surface area contributed by atoms with Crippen LogP contribution in [-0.4, -0.2) is 23.7 Å². The zero-order valence-electron chi connectivity index (χ0n) is 6.79. The van der Waals surface area contributed by atoms with Crippen molar-refractivity contribution in [3.05, 3.63) is 22.7 Å². The van der Waals surface area contributed by atoms with E-state index in [9.17, 15) is 0 Å².